The van der Waals surface area contributed by atoms with Gasteiger partial charge in [-0.15, -0.1) is 0 Å². The summed E-state index contributed by atoms with van der Waals surface area (Å²) >= 11 is 0. The van der Waals surface area contributed by atoms with E-state index in [0.717, 1.165) is 27.1 Å². The molecule has 0 saturated heterocycles. The molecule has 0 radical (unpaired) electrons. The van der Waals surface area contributed by atoms with Crippen LogP contribution in [0.3, 0.4) is 0 Å². The minimum atomic E-state index is -0.823. The number of hydrogen-bond acceptors (Lipinski definition) is 3. The van der Waals surface area contributed by atoms with Crippen LogP contribution in [0.1, 0.15) is 36.7 Å². The molecule has 0 aliphatic rings. The molecule has 4 nitrogen and oxygen atoms in total. The summed E-state index contributed by atoms with van der Waals surface area (Å²) in [6, 6.07) is 26.5. The molecule has 4 rings (SSSR count). The van der Waals surface area contributed by atoms with Crippen LogP contribution < -0.4 is 5.32 Å². The fourth-order valence-corrected chi connectivity index (χ4v) is 3.93. The SMILES string of the molecule is CC(C)(C)OC(=O)[C@H](Cc1c2ccccc2cc2ccccc12)NC(=O)c1ccccc1. The van der Waals surface area contributed by atoms with Gasteiger partial charge in [0.05, 0.1) is 0 Å². The van der Waals surface area contributed by atoms with Gasteiger partial charge in [0.2, 0.25) is 0 Å². The Kier molecular flexibility index (Phi) is 5.95. The van der Waals surface area contributed by atoms with Crippen molar-refractivity contribution in [3.8, 4) is 0 Å². The van der Waals surface area contributed by atoms with Crippen molar-refractivity contribution in [3.63, 3.8) is 0 Å². The first-order valence-corrected chi connectivity index (χ1v) is 10.8. The van der Waals surface area contributed by atoms with Crippen LogP contribution in [0.25, 0.3) is 21.5 Å². The number of amides is 1. The summed E-state index contributed by atoms with van der Waals surface area (Å²) in [7, 11) is 0. The van der Waals surface area contributed by atoms with Gasteiger partial charge in [-0.3, -0.25) is 4.79 Å². The highest BCUT2D eigenvalue weighted by Gasteiger charge is 2.28. The zero-order valence-corrected chi connectivity index (χ0v) is 18.6. The molecular weight excluding hydrogens is 398 g/mol. The van der Waals surface area contributed by atoms with Gasteiger partial charge in [0.15, 0.2) is 0 Å². The Balaban J connectivity index is 1.77. The molecule has 4 aromatic carbocycles. The lowest BCUT2D eigenvalue weighted by Crippen LogP contribution is -2.45. The maximum absolute atomic E-state index is 13.2. The maximum Gasteiger partial charge on any atom is 0.329 e. The van der Waals surface area contributed by atoms with Crippen LogP contribution in [0.15, 0.2) is 84.9 Å². The third-order valence-electron chi connectivity index (χ3n) is 5.32. The number of nitrogens with one attached hydrogen (secondary N) is 1. The number of hydrogen-bond donors (Lipinski definition) is 1. The van der Waals surface area contributed by atoms with Gasteiger partial charge in [-0.05, 0) is 66.1 Å². The summed E-state index contributed by atoms with van der Waals surface area (Å²) in [5.74, 6) is -0.746. The van der Waals surface area contributed by atoms with Crippen LogP contribution >= 0.6 is 0 Å². The molecule has 0 aromatic heterocycles. The average Bonchev–Trinajstić information content (AvgIpc) is 2.77. The minimum Gasteiger partial charge on any atom is -0.458 e. The molecule has 162 valence electrons. The second-order valence-electron chi connectivity index (χ2n) is 8.93. The quantitative estimate of drug-likeness (QED) is 0.331. The molecule has 4 heteroatoms. The van der Waals surface area contributed by atoms with Crippen LogP contribution in [-0.4, -0.2) is 23.5 Å². The number of ether oxygens (including phenoxy) is 1. The van der Waals surface area contributed by atoms with Crippen molar-refractivity contribution >= 4 is 33.4 Å². The van der Waals surface area contributed by atoms with Gasteiger partial charge >= 0.3 is 5.97 Å². The Hall–Kier alpha value is -3.66. The Morgan fingerprint density at radius 3 is 1.91 bits per heavy atom. The van der Waals surface area contributed by atoms with E-state index in [-0.39, 0.29) is 5.91 Å². The fourth-order valence-electron chi connectivity index (χ4n) is 3.93. The summed E-state index contributed by atoms with van der Waals surface area (Å²) in [5, 5.41) is 7.24. The highest BCUT2D eigenvalue weighted by atomic mass is 16.6. The number of rotatable bonds is 5. The van der Waals surface area contributed by atoms with Crippen molar-refractivity contribution in [3.05, 3.63) is 96.1 Å². The molecule has 1 amide bonds. The van der Waals surface area contributed by atoms with Gasteiger partial charge in [-0.2, -0.15) is 0 Å². The maximum atomic E-state index is 13.2. The largest absolute Gasteiger partial charge is 0.458 e. The summed E-state index contributed by atoms with van der Waals surface area (Å²) < 4.78 is 5.68. The van der Waals surface area contributed by atoms with E-state index in [2.05, 4.69) is 35.6 Å². The number of benzene rings is 4. The van der Waals surface area contributed by atoms with Crippen LogP contribution in [0, 0.1) is 0 Å². The number of fused-ring (bicyclic) bond motifs is 2. The number of carbonyl (C=O) groups is 2. The van der Waals surface area contributed by atoms with Crippen LogP contribution in [-0.2, 0) is 16.0 Å². The van der Waals surface area contributed by atoms with E-state index in [4.69, 9.17) is 4.74 Å². The monoisotopic (exact) mass is 425 g/mol. The summed E-state index contributed by atoms with van der Waals surface area (Å²) in [5.41, 5.74) is 0.861. The van der Waals surface area contributed by atoms with Crippen molar-refractivity contribution in [1.82, 2.24) is 5.32 Å². The average molecular weight is 426 g/mol. The predicted molar refractivity (Wildman–Crippen MR) is 129 cm³/mol. The van der Waals surface area contributed by atoms with Crippen molar-refractivity contribution in [2.24, 2.45) is 0 Å². The minimum absolute atomic E-state index is 0.300. The molecular formula is C28H27NO3. The Bertz CT molecular complexity index is 1220. The lowest BCUT2D eigenvalue weighted by Gasteiger charge is -2.25. The van der Waals surface area contributed by atoms with Gasteiger partial charge in [-0.25, -0.2) is 4.79 Å². The summed E-state index contributed by atoms with van der Waals surface area (Å²) in [6.07, 6.45) is 0.329. The fraction of sp³-hybridized carbons (Fsp3) is 0.214. The van der Waals surface area contributed by atoms with E-state index in [1.165, 1.54) is 0 Å². The highest BCUT2D eigenvalue weighted by molar-refractivity contribution is 6.03. The Labute approximate surface area is 188 Å². The Morgan fingerprint density at radius 1 is 0.812 bits per heavy atom. The van der Waals surface area contributed by atoms with Gasteiger partial charge in [-0.1, -0.05) is 66.7 Å². The molecule has 0 saturated carbocycles. The van der Waals surface area contributed by atoms with Crippen molar-refractivity contribution < 1.29 is 14.3 Å². The smallest absolute Gasteiger partial charge is 0.329 e. The first kappa shape index (κ1) is 21.6. The van der Waals surface area contributed by atoms with Gasteiger partial charge in [0.1, 0.15) is 11.6 Å². The van der Waals surface area contributed by atoms with E-state index in [1.54, 1.807) is 24.3 Å². The molecule has 32 heavy (non-hydrogen) atoms. The standard InChI is InChI=1S/C28H27NO3/c1-28(2,3)32-27(31)25(29-26(30)19-11-5-4-6-12-19)18-24-22-15-9-7-13-20(22)17-21-14-8-10-16-23(21)24/h4-17,25H,18H2,1-3H3,(H,29,30)/t25-/m0/s1. The molecule has 0 heterocycles. The predicted octanol–water partition coefficient (Wildman–Crippen LogP) is 5.68. The lowest BCUT2D eigenvalue weighted by atomic mass is 9.92. The number of carbonyl (C=O) groups excluding carboxylic acids is 2. The van der Waals surface area contributed by atoms with E-state index in [9.17, 15) is 9.59 Å². The van der Waals surface area contributed by atoms with E-state index < -0.39 is 17.6 Å². The second kappa shape index (κ2) is 8.83. The summed E-state index contributed by atoms with van der Waals surface area (Å²) in [4.78, 5) is 26.1. The molecule has 0 unspecified atom stereocenters. The van der Waals surface area contributed by atoms with Gasteiger partial charge < -0.3 is 10.1 Å². The zero-order chi connectivity index (χ0) is 22.7. The summed E-state index contributed by atoms with van der Waals surface area (Å²) in [6.45, 7) is 5.48. The second-order valence-corrected chi connectivity index (χ2v) is 8.93. The third kappa shape index (κ3) is 4.80. The van der Waals surface area contributed by atoms with E-state index >= 15 is 0 Å². The van der Waals surface area contributed by atoms with E-state index in [1.807, 2.05) is 51.1 Å². The lowest BCUT2D eigenvalue weighted by molar-refractivity contribution is -0.157. The van der Waals surface area contributed by atoms with Crippen LogP contribution in [0.5, 0.6) is 0 Å². The molecule has 0 aliphatic heterocycles. The Morgan fingerprint density at radius 2 is 1.34 bits per heavy atom. The first-order valence-electron chi connectivity index (χ1n) is 10.8. The zero-order valence-electron chi connectivity index (χ0n) is 18.6. The highest BCUT2D eigenvalue weighted by Crippen LogP contribution is 2.30. The third-order valence-corrected chi connectivity index (χ3v) is 5.32. The van der Waals surface area contributed by atoms with Crippen molar-refractivity contribution in [2.75, 3.05) is 0 Å². The molecule has 0 bridgehead atoms. The van der Waals surface area contributed by atoms with Crippen molar-refractivity contribution in [1.29, 1.82) is 0 Å². The normalized spacial score (nSPS) is 12.5. The van der Waals surface area contributed by atoms with Gasteiger partial charge in [0, 0.05) is 12.0 Å². The molecule has 0 spiro atoms. The molecule has 4 aromatic rings. The topological polar surface area (TPSA) is 55.4 Å². The van der Waals surface area contributed by atoms with E-state index in [0.29, 0.717) is 12.0 Å². The number of esters is 1. The van der Waals surface area contributed by atoms with Crippen molar-refractivity contribution in [2.45, 2.75) is 38.8 Å². The molecule has 0 fully saturated rings. The van der Waals surface area contributed by atoms with Gasteiger partial charge in [0.25, 0.3) is 5.91 Å². The first-order chi connectivity index (χ1) is 15.3. The molecule has 1 N–H and O–H groups in total. The van der Waals surface area contributed by atoms with Crippen LogP contribution in [0.4, 0.5) is 0 Å². The molecule has 1 atom stereocenters. The molecule has 0 aliphatic carbocycles. The van der Waals surface area contributed by atoms with Crippen LogP contribution in [0.2, 0.25) is 0 Å².